The molecule has 5 nitrogen and oxygen atoms in total. The molecule has 0 bridgehead atoms. The highest BCUT2D eigenvalue weighted by Crippen LogP contribution is 2.15. The van der Waals surface area contributed by atoms with E-state index in [0.717, 1.165) is 0 Å². The predicted octanol–water partition coefficient (Wildman–Crippen LogP) is -0.349. The van der Waals surface area contributed by atoms with Crippen molar-refractivity contribution in [1.29, 1.82) is 5.26 Å². The number of hydrogen-bond donors (Lipinski definition) is 1. The third-order valence-corrected chi connectivity index (χ3v) is 4.57. The van der Waals surface area contributed by atoms with E-state index in [1.54, 1.807) is 6.07 Å². The van der Waals surface area contributed by atoms with Crippen LogP contribution in [0.2, 0.25) is 0 Å². The molecule has 1 heterocycles. The molecule has 6 heteroatoms. The van der Waals surface area contributed by atoms with Crippen LogP contribution in [0.3, 0.4) is 0 Å². The van der Waals surface area contributed by atoms with Crippen molar-refractivity contribution in [3.63, 3.8) is 0 Å². The lowest BCUT2D eigenvalue weighted by Crippen LogP contribution is -2.45. The molecule has 0 spiro atoms. The van der Waals surface area contributed by atoms with Gasteiger partial charge in [0, 0.05) is 19.1 Å². The minimum absolute atomic E-state index is 0.0961. The topological polar surface area (TPSA) is 87.2 Å². The molecule has 0 aromatic carbocycles. The Hall–Kier alpha value is -0.640. The fourth-order valence-electron chi connectivity index (χ4n) is 1.42. The lowest BCUT2D eigenvalue weighted by atomic mass is 10.1. The van der Waals surface area contributed by atoms with Gasteiger partial charge in [-0.1, -0.05) is 0 Å². The summed E-state index contributed by atoms with van der Waals surface area (Å²) in [6, 6.07) is 1.85. The quantitative estimate of drug-likeness (QED) is 0.685. The normalized spacial score (nSPS) is 22.9. The minimum atomic E-state index is -3.42. The van der Waals surface area contributed by atoms with E-state index in [9.17, 15) is 8.42 Å². The lowest BCUT2D eigenvalue weighted by Gasteiger charge is -2.29. The summed E-state index contributed by atoms with van der Waals surface area (Å²) in [5.41, 5.74) is 5.66. The Labute approximate surface area is 84.5 Å². The van der Waals surface area contributed by atoms with Crippen LogP contribution in [0.1, 0.15) is 19.8 Å². The van der Waals surface area contributed by atoms with Crippen molar-refractivity contribution in [2.24, 2.45) is 5.73 Å². The smallest absolute Gasteiger partial charge is 0.230 e. The Morgan fingerprint density at radius 3 is 2.43 bits per heavy atom. The zero-order chi connectivity index (χ0) is 10.8. The van der Waals surface area contributed by atoms with E-state index in [0.29, 0.717) is 25.9 Å². The van der Waals surface area contributed by atoms with Crippen molar-refractivity contribution < 1.29 is 8.42 Å². The van der Waals surface area contributed by atoms with Crippen molar-refractivity contribution in [3.8, 4) is 6.07 Å². The molecule has 1 aliphatic heterocycles. The Kier molecular flexibility index (Phi) is 3.48. The zero-order valence-corrected chi connectivity index (χ0v) is 9.00. The first-order valence-electron chi connectivity index (χ1n) is 4.62. The van der Waals surface area contributed by atoms with Crippen molar-refractivity contribution >= 4 is 10.0 Å². The summed E-state index contributed by atoms with van der Waals surface area (Å²) in [6.07, 6.45) is 1.36. The van der Waals surface area contributed by atoms with Crippen molar-refractivity contribution in [1.82, 2.24) is 4.31 Å². The number of rotatable bonds is 2. The van der Waals surface area contributed by atoms with Gasteiger partial charge in [0.1, 0.15) is 0 Å². The first kappa shape index (κ1) is 11.4. The summed E-state index contributed by atoms with van der Waals surface area (Å²) >= 11 is 0. The van der Waals surface area contributed by atoms with E-state index < -0.39 is 15.3 Å². The molecule has 1 atom stereocenters. The van der Waals surface area contributed by atoms with Gasteiger partial charge in [-0.05, 0) is 19.8 Å². The Balaban J connectivity index is 2.71. The molecule has 1 aliphatic rings. The molecular formula is C8H15N3O2S. The fourth-order valence-corrected chi connectivity index (χ4v) is 2.72. The van der Waals surface area contributed by atoms with Gasteiger partial charge in [-0.15, -0.1) is 0 Å². The van der Waals surface area contributed by atoms with E-state index in [4.69, 9.17) is 11.0 Å². The highest BCUT2D eigenvalue weighted by molar-refractivity contribution is 7.89. The summed E-state index contributed by atoms with van der Waals surface area (Å²) in [7, 11) is -3.42. The first-order valence-corrected chi connectivity index (χ1v) is 6.13. The molecule has 2 N–H and O–H groups in total. The number of sulfonamides is 1. The SMILES string of the molecule is CC(C#N)S(=O)(=O)N1CCC(N)CC1. The van der Waals surface area contributed by atoms with Gasteiger partial charge in [0.2, 0.25) is 10.0 Å². The van der Waals surface area contributed by atoms with Crippen molar-refractivity contribution in [2.45, 2.75) is 31.1 Å². The minimum Gasteiger partial charge on any atom is -0.328 e. The van der Waals surface area contributed by atoms with Gasteiger partial charge in [0.05, 0.1) is 6.07 Å². The fraction of sp³-hybridized carbons (Fsp3) is 0.875. The summed E-state index contributed by atoms with van der Waals surface area (Å²) in [6.45, 7) is 2.29. The molecule has 0 radical (unpaired) electrons. The second-order valence-corrected chi connectivity index (χ2v) is 5.81. The Bertz CT molecular complexity index is 325. The van der Waals surface area contributed by atoms with Crippen LogP contribution in [0.4, 0.5) is 0 Å². The summed E-state index contributed by atoms with van der Waals surface area (Å²) in [5.74, 6) is 0. The van der Waals surface area contributed by atoms with Gasteiger partial charge < -0.3 is 5.73 Å². The average Bonchev–Trinajstić information content (AvgIpc) is 2.17. The largest absolute Gasteiger partial charge is 0.328 e. The molecule has 0 aromatic heterocycles. The van der Waals surface area contributed by atoms with Gasteiger partial charge >= 0.3 is 0 Å². The van der Waals surface area contributed by atoms with Crippen molar-refractivity contribution in [3.05, 3.63) is 0 Å². The number of hydrogen-bond acceptors (Lipinski definition) is 4. The van der Waals surface area contributed by atoms with E-state index in [1.807, 2.05) is 0 Å². The zero-order valence-electron chi connectivity index (χ0n) is 8.18. The van der Waals surface area contributed by atoms with E-state index in [1.165, 1.54) is 11.2 Å². The number of piperidine rings is 1. The van der Waals surface area contributed by atoms with E-state index in [2.05, 4.69) is 0 Å². The van der Waals surface area contributed by atoms with Crippen LogP contribution in [0.25, 0.3) is 0 Å². The highest BCUT2D eigenvalue weighted by Gasteiger charge is 2.31. The van der Waals surface area contributed by atoms with Crippen LogP contribution < -0.4 is 5.73 Å². The third-order valence-electron chi connectivity index (χ3n) is 2.49. The van der Waals surface area contributed by atoms with Gasteiger partial charge in [0.15, 0.2) is 5.25 Å². The highest BCUT2D eigenvalue weighted by atomic mass is 32.2. The average molecular weight is 217 g/mol. The van der Waals surface area contributed by atoms with E-state index in [-0.39, 0.29) is 6.04 Å². The Morgan fingerprint density at radius 2 is 2.00 bits per heavy atom. The third kappa shape index (κ3) is 2.23. The van der Waals surface area contributed by atoms with Crippen LogP contribution in [-0.4, -0.2) is 37.1 Å². The number of nitrogens with two attached hydrogens (primary N) is 1. The van der Waals surface area contributed by atoms with Crippen LogP contribution in [0.5, 0.6) is 0 Å². The molecule has 14 heavy (non-hydrogen) atoms. The second kappa shape index (κ2) is 4.26. The standard InChI is InChI=1S/C8H15N3O2S/c1-7(6-9)14(12,13)11-4-2-8(10)3-5-11/h7-8H,2-5,10H2,1H3. The summed E-state index contributed by atoms with van der Waals surface area (Å²) < 4.78 is 24.7. The molecule has 0 saturated carbocycles. The van der Waals surface area contributed by atoms with Gasteiger partial charge in [-0.25, -0.2) is 12.7 Å². The lowest BCUT2D eigenvalue weighted by molar-refractivity contribution is 0.319. The monoisotopic (exact) mass is 217 g/mol. The second-order valence-electron chi connectivity index (χ2n) is 3.55. The van der Waals surface area contributed by atoms with Gasteiger partial charge in [-0.3, -0.25) is 0 Å². The van der Waals surface area contributed by atoms with Crippen LogP contribution in [0, 0.1) is 11.3 Å². The summed E-state index contributed by atoms with van der Waals surface area (Å²) in [5, 5.41) is 7.61. The molecular weight excluding hydrogens is 202 g/mol. The predicted molar refractivity (Wildman–Crippen MR) is 52.8 cm³/mol. The number of nitrogens with zero attached hydrogens (tertiary/aromatic N) is 2. The maximum absolute atomic E-state index is 11.7. The maximum Gasteiger partial charge on any atom is 0.230 e. The molecule has 1 rings (SSSR count). The molecule has 1 fully saturated rings. The van der Waals surface area contributed by atoms with E-state index >= 15 is 0 Å². The molecule has 0 aliphatic carbocycles. The molecule has 0 amide bonds. The molecule has 0 aromatic rings. The van der Waals surface area contributed by atoms with Gasteiger partial charge in [0.25, 0.3) is 0 Å². The van der Waals surface area contributed by atoms with Crippen molar-refractivity contribution in [2.75, 3.05) is 13.1 Å². The van der Waals surface area contributed by atoms with Crippen LogP contribution >= 0.6 is 0 Å². The molecule has 1 saturated heterocycles. The number of nitriles is 1. The maximum atomic E-state index is 11.7. The summed E-state index contributed by atoms with van der Waals surface area (Å²) in [4.78, 5) is 0. The van der Waals surface area contributed by atoms with Gasteiger partial charge in [-0.2, -0.15) is 5.26 Å². The Morgan fingerprint density at radius 1 is 1.50 bits per heavy atom. The first-order chi connectivity index (χ1) is 6.48. The van der Waals surface area contributed by atoms with Crippen LogP contribution in [-0.2, 0) is 10.0 Å². The molecule has 1 unspecified atom stereocenters. The molecule has 80 valence electrons. The van der Waals surface area contributed by atoms with Crippen LogP contribution in [0.15, 0.2) is 0 Å².